The summed E-state index contributed by atoms with van der Waals surface area (Å²) in [6, 6.07) is 50.3. The Balaban J connectivity index is 1.52. The summed E-state index contributed by atoms with van der Waals surface area (Å²) >= 11 is 3.53. The van der Waals surface area contributed by atoms with Crippen molar-refractivity contribution in [3.05, 3.63) is 156 Å². The van der Waals surface area contributed by atoms with E-state index in [1.54, 1.807) is 22.7 Å². The topological polar surface area (TPSA) is 24.7 Å². The van der Waals surface area contributed by atoms with Crippen molar-refractivity contribution in [2.45, 2.75) is 0 Å². The fourth-order valence-corrected chi connectivity index (χ4v) is 6.39. The molecule has 0 atom stereocenters. The van der Waals surface area contributed by atoms with Crippen molar-refractivity contribution in [3.8, 4) is 41.8 Å². The molecule has 4 aromatic carbocycles. The number of hydrogen-bond donors (Lipinski definition) is 0. The fraction of sp³-hybridized carbons (Fsp3) is 0. The molecule has 0 radical (unpaired) electrons. The van der Waals surface area contributed by atoms with Crippen LogP contribution >= 0.6 is 22.7 Å². The second-order valence-corrected chi connectivity index (χ2v) is 10.9. The van der Waals surface area contributed by atoms with E-state index >= 15 is 0 Å². The minimum Gasteiger partial charge on any atom is -0.150 e. The van der Waals surface area contributed by atoms with E-state index in [-0.39, 0.29) is 0 Å². The molecule has 0 aliphatic carbocycles. The largest absolute Gasteiger partial charge is 0.150 e. The SMILES string of the molecule is c1ccc(-c2cc(=NN=c3cc(-c4ccccc4)sc(-c4ccccc4)c3)cc(-c3ccccc3)s2)cc1. The van der Waals surface area contributed by atoms with Crippen LogP contribution in [-0.4, -0.2) is 0 Å². The quantitative estimate of drug-likeness (QED) is 0.201. The van der Waals surface area contributed by atoms with E-state index < -0.39 is 0 Å². The molecule has 4 heteroatoms. The Hall–Kier alpha value is -4.38. The van der Waals surface area contributed by atoms with Gasteiger partial charge in [0, 0.05) is 19.5 Å². The van der Waals surface area contributed by atoms with E-state index in [1.165, 1.54) is 22.3 Å². The Kier molecular flexibility index (Phi) is 7.16. The molecular weight excluding hydrogens is 501 g/mol. The van der Waals surface area contributed by atoms with Crippen molar-refractivity contribution in [2.75, 3.05) is 0 Å². The molecule has 0 spiro atoms. The summed E-state index contributed by atoms with van der Waals surface area (Å²) in [5, 5.41) is 11.2. The van der Waals surface area contributed by atoms with Crippen LogP contribution in [0.1, 0.15) is 0 Å². The zero-order valence-corrected chi connectivity index (χ0v) is 22.2. The standard InChI is InChI=1S/C34H24N2S2/c1-5-13-25(14-6-1)31-21-29(22-32(37-31)26-15-7-2-8-16-26)35-36-30-23-33(27-17-9-3-10-18-27)38-34(24-30)28-19-11-4-12-20-28/h1-24H. The van der Waals surface area contributed by atoms with Gasteiger partial charge in [0.1, 0.15) is 0 Å². The predicted molar refractivity (Wildman–Crippen MR) is 162 cm³/mol. The molecule has 0 bridgehead atoms. The number of benzene rings is 4. The van der Waals surface area contributed by atoms with Gasteiger partial charge in [-0.2, -0.15) is 10.2 Å². The van der Waals surface area contributed by atoms with Gasteiger partial charge in [0.2, 0.25) is 0 Å². The van der Waals surface area contributed by atoms with E-state index in [0.29, 0.717) is 0 Å². The van der Waals surface area contributed by atoms with Gasteiger partial charge in [-0.1, -0.05) is 121 Å². The van der Waals surface area contributed by atoms with Gasteiger partial charge in [0.25, 0.3) is 0 Å². The van der Waals surface area contributed by atoms with Crippen molar-refractivity contribution in [3.63, 3.8) is 0 Å². The molecule has 182 valence electrons. The minimum atomic E-state index is 0.830. The summed E-state index contributed by atoms with van der Waals surface area (Å²) < 4.78 is 0. The van der Waals surface area contributed by atoms with E-state index in [0.717, 1.165) is 30.2 Å². The maximum absolute atomic E-state index is 4.75. The van der Waals surface area contributed by atoms with Crippen LogP contribution in [0.4, 0.5) is 0 Å². The summed E-state index contributed by atoms with van der Waals surface area (Å²) in [6.45, 7) is 0. The van der Waals surface area contributed by atoms with E-state index in [9.17, 15) is 0 Å². The normalized spacial score (nSPS) is 10.6. The third-order valence-corrected chi connectivity index (χ3v) is 8.36. The number of rotatable bonds is 5. The van der Waals surface area contributed by atoms with E-state index in [1.807, 2.05) is 24.3 Å². The Labute approximate surface area is 230 Å². The fourth-order valence-electron chi connectivity index (χ4n) is 4.19. The van der Waals surface area contributed by atoms with Gasteiger partial charge in [-0.25, -0.2) is 0 Å². The van der Waals surface area contributed by atoms with Crippen LogP contribution in [0, 0.1) is 0 Å². The molecule has 2 aromatic heterocycles. The zero-order valence-electron chi connectivity index (χ0n) is 20.6. The number of hydrogen-bond acceptors (Lipinski definition) is 4. The van der Waals surface area contributed by atoms with Gasteiger partial charge in [-0.3, -0.25) is 0 Å². The average Bonchev–Trinajstić information content (AvgIpc) is 3.01. The highest BCUT2D eigenvalue weighted by molar-refractivity contribution is 7.18. The summed E-state index contributed by atoms with van der Waals surface area (Å²) in [6.07, 6.45) is 0. The zero-order chi connectivity index (χ0) is 25.6. The van der Waals surface area contributed by atoms with Crippen LogP contribution in [0.25, 0.3) is 41.8 Å². The van der Waals surface area contributed by atoms with Crippen molar-refractivity contribution in [1.29, 1.82) is 0 Å². The lowest BCUT2D eigenvalue weighted by Gasteiger charge is -2.06. The molecule has 0 unspecified atom stereocenters. The van der Waals surface area contributed by atoms with Crippen LogP contribution < -0.4 is 10.7 Å². The average molecular weight is 525 g/mol. The van der Waals surface area contributed by atoms with Crippen LogP contribution in [0.5, 0.6) is 0 Å². The second kappa shape index (κ2) is 11.3. The molecule has 0 N–H and O–H groups in total. The third kappa shape index (κ3) is 5.62. The summed E-state index contributed by atoms with van der Waals surface area (Å²) in [4.78, 5) is 4.63. The number of nitrogens with zero attached hydrogens (tertiary/aromatic N) is 2. The van der Waals surface area contributed by atoms with Gasteiger partial charge in [-0.05, 0) is 46.5 Å². The van der Waals surface area contributed by atoms with Crippen LogP contribution in [0.2, 0.25) is 0 Å². The lowest BCUT2D eigenvalue weighted by atomic mass is 10.1. The predicted octanol–water partition coefficient (Wildman–Crippen LogP) is 8.89. The molecule has 6 rings (SSSR count). The molecule has 38 heavy (non-hydrogen) atoms. The highest BCUT2D eigenvalue weighted by atomic mass is 32.1. The van der Waals surface area contributed by atoms with Crippen molar-refractivity contribution in [1.82, 2.24) is 0 Å². The van der Waals surface area contributed by atoms with Crippen molar-refractivity contribution < 1.29 is 0 Å². The summed E-state index contributed by atoms with van der Waals surface area (Å²) in [5.41, 5.74) is 4.69. The highest BCUT2D eigenvalue weighted by Crippen LogP contribution is 2.32. The molecule has 6 aromatic rings. The van der Waals surface area contributed by atoms with Crippen LogP contribution in [-0.2, 0) is 0 Å². The van der Waals surface area contributed by atoms with Crippen LogP contribution in [0.3, 0.4) is 0 Å². The third-order valence-electron chi connectivity index (χ3n) is 6.07. The van der Waals surface area contributed by atoms with Gasteiger partial charge in [-0.15, -0.1) is 22.7 Å². The second-order valence-electron chi connectivity index (χ2n) is 8.75. The first-order chi connectivity index (χ1) is 18.8. The van der Waals surface area contributed by atoms with Gasteiger partial charge in [0.15, 0.2) is 0 Å². The Morgan fingerprint density at radius 1 is 0.316 bits per heavy atom. The van der Waals surface area contributed by atoms with Crippen molar-refractivity contribution >= 4 is 22.7 Å². The lowest BCUT2D eigenvalue weighted by Crippen LogP contribution is -2.04. The van der Waals surface area contributed by atoms with Gasteiger partial charge >= 0.3 is 0 Å². The maximum atomic E-state index is 4.75. The molecule has 0 amide bonds. The molecule has 0 aliphatic rings. The Bertz CT molecular complexity index is 1530. The Morgan fingerprint density at radius 3 is 0.789 bits per heavy atom. The molecular formula is C34H24N2S2. The lowest BCUT2D eigenvalue weighted by molar-refractivity contribution is 1.07. The molecule has 2 nitrogen and oxygen atoms in total. The Morgan fingerprint density at radius 2 is 0.553 bits per heavy atom. The summed E-state index contributed by atoms with van der Waals surface area (Å²) in [5.74, 6) is 0. The molecule has 0 saturated carbocycles. The molecule has 0 saturated heterocycles. The first-order valence-corrected chi connectivity index (χ1v) is 14.0. The highest BCUT2D eigenvalue weighted by Gasteiger charge is 2.06. The van der Waals surface area contributed by atoms with Crippen molar-refractivity contribution in [2.24, 2.45) is 10.2 Å². The minimum absolute atomic E-state index is 0.830. The van der Waals surface area contributed by atoms with Gasteiger partial charge < -0.3 is 0 Å². The molecule has 0 aliphatic heterocycles. The molecule has 0 fully saturated rings. The monoisotopic (exact) mass is 524 g/mol. The first-order valence-electron chi connectivity index (χ1n) is 12.4. The van der Waals surface area contributed by atoms with E-state index in [2.05, 4.69) is 121 Å². The summed E-state index contributed by atoms with van der Waals surface area (Å²) in [7, 11) is 0. The molecule has 2 heterocycles. The smallest absolute Gasteiger partial charge is 0.0885 e. The van der Waals surface area contributed by atoms with Gasteiger partial charge in [0.05, 0.1) is 10.7 Å². The first kappa shape index (κ1) is 24.0. The van der Waals surface area contributed by atoms with E-state index in [4.69, 9.17) is 10.2 Å². The maximum Gasteiger partial charge on any atom is 0.0885 e. The van der Waals surface area contributed by atoms with Crippen LogP contribution in [0.15, 0.2) is 156 Å².